The number of thiophene rings is 1. The number of fused-ring (bicyclic) bond motifs is 1. The van der Waals surface area contributed by atoms with Crippen molar-refractivity contribution in [2.45, 2.75) is 13.5 Å². The van der Waals surface area contributed by atoms with E-state index >= 15 is 0 Å². The summed E-state index contributed by atoms with van der Waals surface area (Å²) in [6.45, 7) is 2.56. The molecule has 90 valence electrons. The van der Waals surface area contributed by atoms with Crippen LogP contribution < -0.4 is 5.56 Å². The Kier molecular flexibility index (Phi) is 2.72. The van der Waals surface area contributed by atoms with Gasteiger partial charge in [0.05, 0.1) is 18.3 Å². The molecule has 2 heterocycles. The zero-order valence-corrected chi connectivity index (χ0v) is 10.8. The highest BCUT2D eigenvalue weighted by Gasteiger charge is 2.07. The van der Waals surface area contributed by atoms with Crippen molar-refractivity contribution in [3.63, 3.8) is 0 Å². The molecular formula is C14H12N2OS. The number of benzene rings is 1. The van der Waals surface area contributed by atoms with Gasteiger partial charge in [0, 0.05) is 4.88 Å². The third-order valence-corrected chi connectivity index (χ3v) is 3.80. The second kappa shape index (κ2) is 4.38. The van der Waals surface area contributed by atoms with Gasteiger partial charge >= 0.3 is 0 Å². The van der Waals surface area contributed by atoms with E-state index in [1.807, 2.05) is 43.3 Å². The highest BCUT2D eigenvalue weighted by molar-refractivity contribution is 7.18. The van der Waals surface area contributed by atoms with Crippen molar-refractivity contribution < 1.29 is 0 Å². The predicted molar refractivity (Wildman–Crippen MR) is 74.2 cm³/mol. The highest BCUT2D eigenvalue weighted by Crippen LogP contribution is 2.19. The van der Waals surface area contributed by atoms with Crippen molar-refractivity contribution in [2.24, 2.45) is 0 Å². The summed E-state index contributed by atoms with van der Waals surface area (Å²) in [5.74, 6) is 0. The quantitative estimate of drug-likeness (QED) is 0.706. The third-order valence-electron chi connectivity index (χ3n) is 2.84. The van der Waals surface area contributed by atoms with E-state index in [-0.39, 0.29) is 5.56 Å². The normalized spacial score (nSPS) is 10.9. The minimum atomic E-state index is 0.0354. The summed E-state index contributed by atoms with van der Waals surface area (Å²) < 4.78 is 1.66. The van der Waals surface area contributed by atoms with Gasteiger partial charge in [0.1, 0.15) is 4.83 Å². The van der Waals surface area contributed by atoms with E-state index in [0.29, 0.717) is 6.54 Å². The standard InChI is InChI=1S/C14H12N2OS/c1-10-7-12-13(18-10)15-9-16(14(12)17)8-11-5-3-2-4-6-11/h2-7,9H,8H2,1H3. The minimum Gasteiger partial charge on any atom is -0.294 e. The molecule has 3 aromatic rings. The molecule has 0 saturated carbocycles. The molecule has 0 bridgehead atoms. The maximum Gasteiger partial charge on any atom is 0.262 e. The summed E-state index contributed by atoms with van der Waals surface area (Å²) in [6, 6.07) is 11.8. The van der Waals surface area contributed by atoms with Gasteiger partial charge in [0.2, 0.25) is 0 Å². The fourth-order valence-electron chi connectivity index (χ4n) is 1.97. The van der Waals surface area contributed by atoms with Crippen LogP contribution in [-0.4, -0.2) is 9.55 Å². The molecule has 0 atom stereocenters. The van der Waals surface area contributed by atoms with E-state index in [4.69, 9.17) is 0 Å². The predicted octanol–water partition coefficient (Wildman–Crippen LogP) is 2.81. The first-order valence-corrected chi connectivity index (χ1v) is 6.55. The van der Waals surface area contributed by atoms with Crippen LogP contribution in [0.25, 0.3) is 10.2 Å². The summed E-state index contributed by atoms with van der Waals surface area (Å²) in [5, 5.41) is 0.718. The fraction of sp³-hybridized carbons (Fsp3) is 0.143. The van der Waals surface area contributed by atoms with E-state index in [1.54, 1.807) is 22.2 Å². The third kappa shape index (κ3) is 1.95. The van der Waals surface area contributed by atoms with Crippen LogP contribution in [0.1, 0.15) is 10.4 Å². The van der Waals surface area contributed by atoms with E-state index in [9.17, 15) is 4.79 Å². The summed E-state index contributed by atoms with van der Waals surface area (Å²) in [6.07, 6.45) is 1.63. The Morgan fingerprint density at radius 3 is 2.83 bits per heavy atom. The fourth-order valence-corrected chi connectivity index (χ4v) is 2.81. The van der Waals surface area contributed by atoms with Crippen LogP contribution in [0.3, 0.4) is 0 Å². The topological polar surface area (TPSA) is 34.9 Å². The van der Waals surface area contributed by atoms with Crippen molar-refractivity contribution in [2.75, 3.05) is 0 Å². The number of nitrogens with zero attached hydrogens (tertiary/aromatic N) is 2. The van der Waals surface area contributed by atoms with Crippen LogP contribution in [0, 0.1) is 6.92 Å². The number of aromatic nitrogens is 2. The Morgan fingerprint density at radius 2 is 2.06 bits per heavy atom. The van der Waals surface area contributed by atoms with Crippen molar-refractivity contribution in [1.29, 1.82) is 0 Å². The van der Waals surface area contributed by atoms with Gasteiger partial charge in [0.25, 0.3) is 5.56 Å². The molecule has 0 amide bonds. The molecule has 4 heteroatoms. The first-order chi connectivity index (χ1) is 8.74. The van der Waals surface area contributed by atoms with Crippen molar-refractivity contribution >= 4 is 21.6 Å². The largest absolute Gasteiger partial charge is 0.294 e. The lowest BCUT2D eigenvalue weighted by Gasteiger charge is -2.04. The Balaban J connectivity index is 2.08. The smallest absolute Gasteiger partial charge is 0.262 e. The van der Waals surface area contributed by atoms with Crippen LogP contribution in [0.2, 0.25) is 0 Å². The molecule has 3 nitrogen and oxygen atoms in total. The first-order valence-electron chi connectivity index (χ1n) is 5.73. The van der Waals surface area contributed by atoms with Gasteiger partial charge in [0.15, 0.2) is 0 Å². The van der Waals surface area contributed by atoms with Crippen LogP contribution in [-0.2, 0) is 6.54 Å². The second-order valence-corrected chi connectivity index (χ2v) is 5.47. The molecule has 0 saturated heterocycles. The molecule has 0 radical (unpaired) electrons. The lowest BCUT2D eigenvalue weighted by Crippen LogP contribution is -2.20. The van der Waals surface area contributed by atoms with Gasteiger partial charge in [-0.2, -0.15) is 0 Å². The lowest BCUT2D eigenvalue weighted by atomic mass is 10.2. The second-order valence-electron chi connectivity index (χ2n) is 4.24. The number of hydrogen-bond donors (Lipinski definition) is 0. The monoisotopic (exact) mass is 256 g/mol. The molecule has 2 aromatic heterocycles. The van der Waals surface area contributed by atoms with Gasteiger partial charge in [-0.3, -0.25) is 9.36 Å². The Bertz CT molecular complexity index is 743. The molecule has 0 N–H and O–H groups in total. The molecule has 3 rings (SSSR count). The Morgan fingerprint density at radius 1 is 1.28 bits per heavy atom. The lowest BCUT2D eigenvalue weighted by molar-refractivity contribution is 0.749. The van der Waals surface area contributed by atoms with E-state index in [0.717, 1.165) is 20.7 Å². The summed E-state index contributed by atoms with van der Waals surface area (Å²) >= 11 is 1.56. The highest BCUT2D eigenvalue weighted by atomic mass is 32.1. The van der Waals surface area contributed by atoms with Gasteiger partial charge in [-0.1, -0.05) is 30.3 Å². The first kappa shape index (κ1) is 11.2. The molecule has 0 aliphatic rings. The number of rotatable bonds is 2. The summed E-state index contributed by atoms with van der Waals surface area (Å²) in [4.78, 5) is 18.6. The van der Waals surface area contributed by atoms with Gasteiger partial charge in [-0.25, -0.2) is 4.98 Å². The maximum atomic E-state index is 12.3. The average molecular weight is 256 g/mol. The molecular weight excluding hydrogens is 244 g/mol. The molecule has 0 spiro atoms. The molecule has 1 aromatic carbocycles. The molecule has 18 heavy (non-hydrogen) atoms. The number of hydrogen-bond acceptors (Lipinski definition) is 3. The zero-order valence-electron chi connectivity index (χ0n) is 9.96. The molecule has 0 aliphatic carbocycles. The van der Waals surface area contributed by atoms with Crippen molar-refractivity contribution in [3.05, 3.63) is 63.5 Å². The van der Waals surface area contributed by atoms with E-state index in [2.05, 4.69) is 4.98 Å². The van der Waals surface area contributed by atoms with E-state index in [1.165, 1.54) is 0 Å². The van der Waals surface area contributed by atoms with Crippen molar-refractivity contribution in [1.82, 2.24) is 9.55 Å². The number of aryl methyl sites for hydroxylation is 1. The van der Waals surface area contributed by atoms with Gasteiger partial charge in [-0.05, 0) is 18.6 Å². The zero-order chi connectivity index (χ0) is 12.5. The van der Waals surface area contributed by atoms with Crippen LogP contribution in [0.15, 0.2) is 47.5 Å². The molecule has 0 unspecified atom stereocenters. The Hall–Kier alpha value is -1.94. The van der Waals surface area contributed by atoms with Gasteiger partial charge in [-0.15, -0.1) is 11.3 Å². The average Bonchev–Trinajstić information content (AvgIpc) is 2.76. The maximum absolute atomic E-state index is 12.3. The van der Waals surface area contributed by atoms with Crippen molar-refractivity contribution in [3.8, 4) is 0 Å². The van der Waals surface area contributed by atoms with Crippen LogP contribution >= 0.6 is 11.3 Å². The van der Waals surface area contributed by atoms with Crippen LogP contribution in [0.5, 0.6) is 0 Å². The minimum absolute atomic E-state index is 0.0354. The Labute approximate surface area is 108 Å². The summed E-state index contributed by atoms with van der Waals surface area (Å²) in [7, 11) is 0. The summed E-state index contributed by atoms with van der Waals surface area (Å²) in [5.41, 5.74) is 1.14. The van der Waals surface area contributed by atoms with Crippen LogP contribution in [0.4, 0.5) is 0 Å². The molecule has 0 fully saturated rings. The van der Waals surface area contributed by atoms with Gasteiger partial charge < -0.3 is 0 Å². The van der Waals surface area contributed by atoms with E-state index < -0.39 is 0 Å². The SMILES string of the molecule is Cc1cc2c(=O)n(Cc3ccccc3)cnc2s1. The molecule has 0 aliphatic heterocycles.